The molecule has 0 unspecified atom stereocenters. The van der Waals surface area contributed by atoms with Crippen molar-refractivity contribution in [1.82, 2.24) is 8.87 Å². The van der Waals surface area contributed by atoms with Crippen molar-refractivity contribution < 1.29 is 22.0 Å². The van der Waals surface area contributed by atoms with E-state index in [2.05, 4.69) is 0 Å². The van der Waals surface area contributed by atoms with Crippen molar-refractivity contribution in [3.63, 3.8) is 0 Å². The number of rotatable bonds is 6. The summed E-state index contributed by atoms with van der Waals surface area (Å²) >= 11 is 0. The van der Waals surface area contributed by atoms with Crippen molar-refractivity contribution >= 4 is 20.8 Å². The monoisotopic (exact) mass is 432 g/mol. The van der Waals surface area contributed by atoms with E-state index in [1.54, 1.807) is 0 Å². The van der Waals surface area contributed by atoms with E-state index in [1.807, 2.05) is 41.2 Å². The van der Waals surface area contributed by atoms with Crippen LogP contribution in [0.25, 0.3) is 10.8 Å². The van der Waals surface area contributed by atoms with Crippen LogP contribution in [0.1, 0.15) is 12.2 Å². The van der Waals surface area contributed by atoms with Gasteiger partial charge in [-0.05, 0) is 17.2 Å². The Morgan fingerprint density at radius 3 is 2.50 bits per heavy atom. The highest BCUT2D eigenvalue weighted by Gasteiger charge is 2.25. The van der Waals surface area contributed by atoms with Crippen LogP contribution in [0, 0.1) is 0 Å². The lowest BCUT2D eigenvalue weighted by molar-refractivity contribution is 0.301. The molecule has 2 aromatic heterocycles. The van der Waals surface area contributed by atoms with E-state index in [-0.39, 0.29) is 37.3 Å². The van der Waals surface area contributed by atoms with Crippen LogP contribution in [0.5, 0.6) is 5.75 Å². The molecule has 7 nitrogen and oxygen atoms in total. The smallest absolute Gasteiger partial charge is 0.227 e. The Morgan fingerprint density at radius 2 is 1.90 bits per heavy atom. The highest BCUT2D eigenvalue weighted by molar-refractivity contribution is 7.88. The van der Waals surface area contributed by atoms with Crippen molar-refractivity contribution in [2.45, 2.75) is 13.0 Å². The molecule has 158 valence electrons. The van der Waals surface area contributed by atoms with E-state index in [1.165, 1.54) is 12.3 Å². The summed E-state index contributed by atoms with van der Waals surface area (Å²) in [4.78, 5) is 12.3. The van der Waals surface area contributed by atoms with Gasteiger partial charge in [0.2, 0.25) is 21.2 Å². The van der Waals surface area contributed by atoms with Crippen molar-refractivity contribution in [2.75, 3.05) is 26.0 Å². The zero-order valence-corrected chi connectivity index (χ0v) is 17.2. The molecule has 3 heterocycles. The average molecular weight is 432 g/mol. The summed E-state index contributed by atoms with van der Waals surface area (Å²) in [5.41, 5.74) is -0.0139. The van der Waals surface area contributed by atoms with Gasteiger partial charge < -0.3 is 13.7 Å². The molecule has 4 rings (SSSR count). The lowest BCUT2D eigenvalue weighted by Crippen LogP contribution is -2.36. The third kappa shape index (κ3) is 4.47. The van der Waals surface area contributed by atoms with Gasteiger partial charge >= 0.3 is 0 Å². The van der Waals surface area contributed by atoms with Crippen molar-refractivity contribution in [1.29, 1.82) is 0 Å². The van der Waals surface area contributed by atoms with E-state index in [9.17, 15) is 17.6 Å². The topological polar surface area (TPSA) is 81.8 Å². The number of nitrogens with zero attached hydrogens (tertiary/aromatic N) is 2. The summed E-state index contributed by atoms with van der Waals surface area (Å²) < 4.78 is 51.2. The van der Waals surface area contributed by atoms with Gasteiger partial charge in [0.1, 0.15) is 24.5 Å². The molecule has 0 fully saturated rings. The predicted octanol–water partition coefficient (Wildman–Crippen LogP) is 2.91. The maximum absolute atomic E-state index is 14.2. The highest BCUT2D eigenvalue weighted by Crippen LogP contribution is 2.22. The van der Waals surface area contributed by atoms with Gasteiger partial charge in [-0.3, -0.25) is 4.79 Å². The molecule has 30 heavy (non-hydrogen) atoms. The summed E-state index contributed by atoms with van der Waals surface area (Å²) in [5, 5.41) is 2.19. The molecule has 0 bridgehead atoms. The van der Waals surface area contributed by atoms with Gasteiger partial charge in [-0.15, -0.1) is 0 Å². The fourth-order valence-corrected chi connectivity index (χ4v) is 4.15. The Bertz CT molecular complexity index is 1240. The maximum atomic E-state index is 14.2. The van der Waals surface area contributed by atoms with Crippen LogP contribution in [-0.4, -0.2) is 43.2 Å². The minimum Gasteiger partial charge on any atom is -0.482 e. The number of halogens is 1. The molecular weight excluding hydrogens is 411 g/mol. The number of hydrogen-bond acceptors (Lipinski definition) is 5. The van der Waals surface area contributed by atoms with Crippen LogP contribution >= 0.6 is 0 Å². The molecule has 0 saturated heterocycles. The first-order chi connectivity index (χ1) is 14.3. The van der Waals surface area contributed by atoms with Gasteiger partial charge in [-0.1, -0.05) is 24.3 Å². The summed E-state index contributed by atoms with van der Waals surface area (Å²) in [6, 6.07) is 9.29. The number of benzene rings is 1. The van der Waals surface area contributed by atoms with Crippen LogP contribution in [-0.2, 0) is 16.6 Å². The van der Waals surface area contributed by atoms with Crippen molar-refractivity contribution in [3.8, 4) is 5.75 Å². The molecule has 1 aliphatic rings. The summed E-state index contributed by atoms with van der Waals surface area (Å²) in [5.74, 6) is -0.0888. The van der Waals surface area contributed by atoms with Crippen molar-refractivity contribution in [3.05, 3.63) is 76.4 Å². The Kier molecular flexibility index (Phi) is 5.48. The first kappa shape index (κ1) is 20.4. The minimum absolute atomic E-state index is 0.0118. The molecular formula is C21H21FN2O5S. The highest BCUT2D eigenvalue weighted by atomic mass is 32.2. The largest absolute Gasteiger partial charge is 0.482 e. The van der Waals surface area contributed by atoms with Gasteiger partial charge in [-0.2, -0.15) is 4.31 Å². The van der Waals surface area contributed by atoms with Gasteiger partial charge in [0.25, 0.3) is 0 Å². The van der Waals surface area contributed by atoms with E-state index in [0.717, 1.165) is 21.3 Å². The Hall–Kier alpha value is -2.91. The lowest BCUT2D eigenvalue weighted by atomic mass is 10.1. The summed E-state index contributed by atoms with van der Waals surface area (Å²) in [6.45, 7) is 0.141. The number of hydrogen-bond donors (Lipinski definition) is 0. The molecule has 9 heteroatoms. The third-order valence-electron chi connectivity index (χ3n) is 5.03. The molecule has 0 atom stereocenters. The fraction of sp³-hybridized carbons (Fsp3) is 0.286. The second-order valence-electron chi connectivity index (χ2n) is 7.28. The normalized spacial score (nSPS) is 15.7. The quantitative estimate of drug-likeness (QED) is 0.598. The molecule has 0 saturated carbocycles. The summed E-state index contributed by atoms with van der Waals surface area (Å²) in [6.07, 6.45) is 6.43. The number of aromatic nitrogens is 1. The molecule has 0 aliphatic carbocycles. The first-order valence-electron chi connectivity index (χ1n) is 9.40. The molecule has 1 aliphatic heterocycles. The third-order valence-corrected chi connectivity index (χ3v) is 6.28. The molecule has 3 aromatic rings. The van der Waals surface area contributed by atoms with Crippen LogP contribution in [0.2, 0.25) is 0 Å². The van der Waals surface area contributed by atoms with E-state index >= 15 is 0 Å². The fourth-order valence-electron chi connectivity index (χ4n) is 3.38. The zero-order chi connectivity index (χ0) is 21.3. The van der Waals surface area contributed by atoms with Crippen molar-refractivity contribution in [2.24, 2.45) is 0 Å². The summed E-state index contributed by atoms with van der Waals surface area (Å²) in [7, 11) is -3.44. The molecule has 0 radical (unpaired) electrons. The number of sulfonamides is 1. The molecule has 0 amide bonds. The van der Waals surface area contributed by atoms with Crippen LogP contribution < -0.4 is 10.2 Å². The lowest BCUT2D eigenvalue weighted by Gasteiger charge is -2.25. The maximum Gasteiger partial charge on any atom is 0.227 e. The van der Waals surface area contributed by atoms with E-state index in [0.29, 0.717) is 17.9 Å². The van der Waals surface area contributed by atoms with Crippen LogP contribution in [0.15, 0.2) is 69.6 Å². The zero-order valence-electron chi connectivity index (χ0n) is 16.4. The van der Waals surface area contributed by atoms with Crippen LogP contribution in [0.3, 0.4) is 0 Å². The molecule has 0 N–H and O–H groups in total. The Balaban J connectivity index is 1.42. The molecule has 0 spiro atoms. The average Bonchev–Trinajstić information content (AvgIpc) is 3.09. The van der Waals surface area contributed by atoms with Gasteiger partial charge in [0.05, 0.1) is 19.3 Å². The second-order valence-corrected chi connectivity index (χ2v) is 9.26. The SMILES string of the molecule is CS(=O)(=O)N1CCC(COc2coc(Cn3cc4ccccc4c3)cc2=O)=C(F)C1. The number of ether oxygens (including phenoxy) is 1. The Morgan fingerprint density at radius 1 is 1.20 bits per heavy atom. The number of fused-ring (bicyclic) bond motifs is 1. The second kappa shape index (κ2) is 8.08. The standard InChI is InChI=1S/C21H21FN2O5S/c1-30(26,27)24-7-6-17(19(22)12-24)13-29-21-14-28-18(8-20(21)25)11-23-9-15-4-2-3-5-16(15)10-23/h2-5,8-10,14H,6-7,11-13H2,1H3. The van der Waals surface area contributed by atoms with Crippen LogP contribution in [0.4, 0.5) is 4.39 Å². The first-order valence-corrected chi connectivity index (χ1v) is 11.2. The minimum atomic E-state index is -3.44. The Labute approximate surface area is 173 Å². The van der Waals surface area contributed by atoms with E-state index < -0.39 is 15.9 Å². The van der Waals surface area contributed by atoms with E-state index in [4.69, 9.17) is 9.15 Å². The van der Waals surface area contributed by atoms with Gasteiger partial charge in [0, 0.05) is 30.6 Å². The van der Waals surface area contributed by atoms with Gasteiger partial charge in [-0.25, -0.2) is 12.8 Å². The van der Waals surface area contributed by atoms with Gasteiger partial charge in [0.15, 0.2) is 0 Å². The molecule has 1 aromatic carbocycles. The predicted molar refractivity (Wildman–Crippen MR) is 111 cm³/mol.